The monoisotopic (exact) mass is 277 g/mol. The Bertz CT molecular complexity index is 606. The lowest BCUT2D eigenvalue weighted by Gasteiger charge is -2.31. The van der Waals surface area contributed by atoms with Crippen LogP contribution in [0.5, 0.6) is 0 Å². The van der Waals surface area contributed by atoms with Crippen LogP contribution in [0.1, 0.15) is 34.5 Å². The summed E-state index contributed by atoms with van der Waals surface area (Å²) < 4.78 is 0. The molecule has 0 aliphatic carbocycles. The van der Waals surface area contributed by atoms with Gasteiger partial charge in [0, 0.05) is 18.8 Å². The molecule has 0 spiro atoms. The normalized spacial score (nSPS) is 18.9. The minimum Gasteiger partial charge on any atom is -0.369 e. The average molecular weight is 277 g/mol. The molecule has 1 aliphatic rings. The Kier molecular flexibility index (Phi) is 3.92. The molecule has 3 N–H and O–H groups in total. The van der Waals surface area contributed by atoms with Crippen molar-refractivity contribution < 1.29 is 9.59 Å². The van der Waals surface area contributed by atoms with Crippen molar-refractivity contribution in [3.05, 3.63) is 33.2 Å². The summed E-state index contributed by atoms with van der Waals surface area (Å²) in [6.07, 6.45) is 1.42. The number of nitrogens with zero attached hydrogens (tertiary/aromatic N) is 1. The fourth-order valence-electron chi connectivity index (χ4n) is 2.45. The van der Waals surface area contributed by atoms with Crippen molar-refractivity contribution in [2.45, 2.75) is 26.7 Å². The van der Waals surface area contributed by atoms with Gasteiger partial charge < -0.3 is 15.6 Å². The zero-order chi connectivity index (χ0) is 14.9. The average Bonchev–Trinajstić information content (AvgIpc) is 2.42. The molecule has 1 aliphatic heterocycles. The van der Waals surface area contributed by atoms with Crippen molar-refractivity contribution in [2.75, 3.05) is 13.1 Å². The molecule has 20 heavy (non-hydrogen) atoms. The van der Waals surface area contributed by atoms with E-state index in [1.165, 1.54) is 4.90 Å². The number of hydrogen-bond acceptors (Lipinski definition) is 3. The second-order valence-electron chi connectivity index (χ2n) is 5.31. The molecule has 1 aromatic heterocycles. The maximum Gasteiger partial charge on any atom is 0.261 e. The molecule has 6 heteroatoms. The number of aryl methyl sites for hydroxylation is 2. The van der Waals surface area contributed by atoms with Gasteiger partial charge in [-0.15, -0.1) is 0 Å². The topological polar surface area (TPSA) is 96.3 Å². The van der Waals surface area contributed by atoms with Gasteiger partial charge in [0.15, 0.2) is 0 Å². The molecule has 2 amide bonds. The number of hydrogen-bond donors (Lipinski definition) is 2. The van der Waals surface area contributed by atoms with Crippen molar-refractivity contribution in [3.8, 4) is 0 Å². The number of aromatic amines is 1. The van der Waals surface area contributed by atoms with Crippen LogP contribution in [0.4, 0.5) is 0 Å². The van der Waals surface area contributed by atoms with E-state index in [-0.39, 0.29) is 22.9 Å². The number of piperidine rings is 1. The second-order valence-corrected chi connectivity index (χ2v) is 5.31. The fraction of sp³-hybridized carbons (Fsp3) is 0.500. The summed E-state index contributed by atoms with van der Waals surface area (Å²) in [6.45, 7) is 4.47. The quantitative estimate of drug-likeness (QED) is 0.815. The van der Waals surface area contributed by atoms with Gasteiger partial charge in [0.2, 0.25) is 5.91 Å². The number of pyridine rings is 1. The van der Waals surface area contributed by atoms with E-state index in [4.69, 9.17) is 5.73 Å². The number of rotatable bonds is 2. The molecule has 0 bridgehead atoms. The zero-order valence-corrected chi connectivity index (χ0v) is 11.7. The van der Waals surface area contributed by atoms with Crippen molar-refractivity contribution in [1.29, 1.82) is 0 Å². The Morgan fingerprint density at radius 1 is 1.40 bits per heavy atom. The first kappa shape index (κ1) is 14.3. The number of amides is 2. The Balaban J connectivity index is 2.25. The largest absolute Gasteiger partial charge is 0.369 e. The van der Waals surface area contributed by atoms with Gasteiger partial charge in [-0.1, -0.05) is 0 Å². The molecular weight excluding hydrogens is 258 g/mol. The zero-order valence-electron chi connectivity index (χ0n) is 11.7. The summed E-state index contributed by atoms with van der Waals surface area (Å²) in [6, 6.07) is 1.60. The van der Waals surface area contributed by atoms with Crippen molar-refractivity contribution >= 4 is 11.8 Å². The van der Waals surface area contributed by atoms with Crippen molar-refractivity contribution in [2.24, 2.45) is 11.7 Å². The Hall–Kier alpha value is -2.11. The van der Waals surface area contributed by atoms with Gasteiger partial charge in [0.25, 0.3) is 11.5 Å². The molecule has 1 aromatic rings. The highest BCUT2D eigenvalue weighted by Crippen LogP contribution is 2.18. The molecule has 0 unspecified atom stereocenters. The number of primary amides is 1. The van der Waals surface area contributed by atoms with Gasteiger partial charge in [-0.25, -0.2) is 0 Å². The minimum atomic E-state index is -0.392. The molecule has 1 fully saturated rings. The molecule has 0 saturated carbocycles. The van der Waals surface area contributed by atoms with Crippen molar-refractivity contribution in [3.63, 3.8) is 0 Å². The van der Waals surface area contributed by atoms with E-state index in [0.29, 0.717) is 19.5 Å². The molecule has 0 radical (unpaired) electrons. The highest BCUT2D eigenvalue weighted by molar-refractivity contribution is 5.94. The minimum absolute atomic E-state index is 0.123. The number of carbonyl (C=O) groups is 2. The van der Waals surface area contributed by atoms with Gasteiger partial charge >= 0.3 is 0 Å². The van der Waals surface area contributed by atoms with E-state index >= 15 is 0 Å². The van der Waals surface area contributed by atoms with Crippen LogP contribution in [0.3, 0.4) is 0 Å². The van der Waals surface area contributed by atoms with Crippen LogP contribution in [-0.4, -0.2) is 34.8 Å². The van der Waals surface area contributed by atoms with E-state index in [0.717, 1.165) is 17.7 Å². The molecule has 1 saturated heterocycles. The van der Waals surface area contributed by atoms with Gasteiger partial charge in [-0.3, -0.25) is 14.4 Å². The highest BCUT2D eigenvalue weighted by atomic mass is 16.2. The number of nitrogens with two attached hydrogens (primary N) is 1. The fourth-order valence-corrected chi connectivity index (χ4v) is 2.45. The molecule has 2 heterocycles. The van der Waals surface area contributed by atoms with Crippen LogP contribution in [0.15, 0.2) is 10.9 Å². The lowest BCUT2D eigenvalue weighted by atomic mass is 9.97. The second kappa shape index (κ2) is 5.48. The first-order valence-corrected chi connectivity index (χ1v) is 6.69. The maximum atomic E-state index is 12.4. The summed E-state index contributed by atoms with van der Waals surface area (Å²) in [5.74, 6) is -1.05. The van der Waals surface area contributed by atoms with Gasteiger partial charge in [0.1, 0.15) is 5.56 Å². The van der Waals surface area contributed by atoms with E-state index in [1.54, 1.807) is 13.0 Å². The van der Waals surface area contributed by atoms with E-state index in [1.807, 2.05) is 6.92 Å². The van der Waals surface area contributed by atoms with Gasteiger partial charge in [-0.2, -0.15) is 0 Å². The van der Waals surface area contributed by atoms with E-state index < -0.39 is 5.91 Å². The van der Waals surface area contributed by atoms with Gasteiger partial charge in [-0.05, 0) is 38.3 Å². The first-order chi connectivity index (χ1) is 9.40. The summed E-state index contributed by atoms with van der Waals surface area (Å²) >= 11 is 0. The predicted octanol–water partition coefficient (Wildman–Crippen LogP) is 0.329. The molecule has 1 atom stereocenters. The highest BCUT2D eigenvalue weighted by Gasteiger charge is 2.28. The number of carbonyl (C=O) groups excluding carboxylic acids is 2. The molecular formula is C14H19N3O3. The standard InChI is InChI=1S/C14H19N3O3/c1-8-6-11(13(19)16-9(8)2)14(20)17-5-3-4-10(7-17)12(15)18/h6,10H,3-5,7H2,1-2H3,(H2,15,18)(H,16,19)/t10-/m0/s1. The van der Waals surface area contributed by atoms with Crippen LogP contribution in [0.2, 0.25) is 0 Å². The number of aromatic nitrogens is 1. The lowest BCUT2D eigenvalue weighted by molar-refractivity contribution is -0.123. The molecule has 2 rings (SSSR count). The van der Waals surface area contributed by atoms with Crippen LogP contribution in [0, 0.1) is 19.8 Å². The third-order valence-corrected chi connectivity index (χ3v) is 3.84. The lowest BCUT2D eigenvalue weighted by Crippen LogP contribution is -2.45. The summed E-state index contributed by atoms with van der Waals surface area (Å²) in [4.78, 5) is 39.8. The van der Waals surface area contributed by atoms with Crippen LogP contribution >= 0.6 is 0 Å². The summed E-state index contributed by atoms with van der Waals surface area (Å²) in [7, 11) is 0. The van der Waals surface area contributed by atoms with Crippen LogP contribution < -0.4 is 11.3 Å². The number of H-pyrrole nitrogens is 1. The summed E-state index contributed by atoms with van der Waals surface area (Å²) in [5.41, 5.74) is 6.64. The molecule has 108 valence electrons. The third-order valence-electron chi connectivity index (χ3n) is 3.84. The summed E-state index contributed by atoms with van der Waals surface area (Å²) in [5, 5.41) is 0. The molecule has 6 nitrogen and oxygen atoms in total. The number of nitrogens with one attached hydrogen (secondary N) is 1. The van der Waals surface area contributed by atoms with Crippen LogP contribution in [-0.2, 0) is 4.79 Å². The Labute approximate surface area is 117 Å². The van der Waals surface area contributed by atoms with Crippen molar-refractivity contribution in [1.82, 2.24) is 9.88 Å². The SMILES string of the molecule is Cc1cc(C(=O)N2CCC[C@H](C(N)=O)C2)c(=O)[nH]c1C. The van der Waals surface area contributed by atoms with E-state index in [9.17, 15) is 14.4 Å². The molecule has 0 aromatic carbocycles. The van der Waals surface area contributed by atoms with E-state index in [2.05, 4.69) is 4.98 Å². The maximum absolute atomic E-state index is 12.4. The predicted molar refractivity (Wildman–Crippen MR) is 74.4 cm³/mol. The first-order valence-electron chi connectivity index (χ1n) is 6.69. The van der Waals surface area contributed by atoms with Gasteiger partial charge in [0.05, 0.1) is 5.92 Å². The smallest absolute Gasteiger partial charge is 0.261 e. The third kappa shape index (κ3) is 2.74. The Morgan fingerprint density at radius 2 is 2.10 bits per heavy atom. The van der Waals surface area contributed by atoms with Crippen LogP contribution in [0.25, 0.3) is 0 Å². The Morgan fingerprint density at radius 3 is 2.75 bits per heavy atom. The number of likely N-dealkylation sites (tertiary alicyclic amines) is 1.